The van der Waals surface area contributed by atoms with Gasteiger partial charge in [0.1, 0.15) is 29.5 Å². The number of hydrogen-bond donors (Lipinski definition) is 1. The highest BCUT2D eigenvalue weighted by molar-refractivity contribution is 5.81. The van der Waals surface area contributed by atoms with Crippen molar-refractivity contribution in [2.24, 2.45) is 0 Å². The van der Waals surface area contributed by atoms with Crippen LogP contribution in [0, 0.1) is 0 Å². The smallest absolute Gasteiger partial charge is 0.408 e. The monoisotopic (exact) mass is 517 g/mol. The van der Waals surface area contributed by atoms with Crippen molar-refractivity contribution in [3.8, 4) is 0 Å². The minimum absolute atomic E-state index is 0.213. The summed E-state index contributed by atoms with van der Waals surface area (Å²) in [6.45, 7) is 14.9. The van der Waals surface area contributed by atoms with E-state index >= 15 is 0 Å². The third-order valence-corrected chi connectivity index (χ3v) is 5.37. The second kappa shape index (κ2) is 12.0. The molecule has 37 heavy (non-hydrogen) atoms. The van der Waals surface area contributed by atoms with Crippen molar-refractivity contribution in [2.45, 2.75) is 96.2 Å². The molecule has 1 aromatic carbocycles. The second-order valence-electron chi connectivity index (χ2n) is 11.1. The highest BCUT2D eigenvalue weighted by Gasteiger charge is 2.41. The summed E-state index contributed by atoms with van der Waals surface area (Å²) in [7, 11) is 0. The lowest BCUT2D eigenvalue weighted by molar-refractivity contribution is -0.277. The molecule has 1 saturated heterocycles. The van der Waals surface area contributed by atoms with Crippen molar-refractivity contribution in [1.29, 1.82) is 0 Å². The zero-order valence-corrected chi connectivity index (χ0v) is 22.5. The molecule has 0 aromatic heterocycles. The van der Waals surface area contributed by atoms with Gasteiger partial charge in [0.2, 0.25) is 0 Å². The van der Waals surface area contributed by atoms with E-state index in [-0.39, 0.29) is 12.5 Å². The zero-order chi connectivity index (χ0) is 27.2. The minimum atomic E-state index is -0.936. The Morgan fingerprint density at radius 1 is 1.08 bits per heavy atom. The number of fused-ring (bicyclic) bond motifs is 1. The van der Waals surface area contributed by atoms with E-state index in [4.69, 9.17) is 28.4 Å². The van der Waals surface area contributed by atoms with Gasteiger partial charge in [-0.1, -0.05) is 36.9 Å². The van der Waals surface area contributed by atoms with Crippen LogP contribution < -0.4 is 5.32 Å². The molecule has 1 aromatic rings. The molecule has 9 heteroatoms. The van der Waals surface area contributed by atoms with E-state index in [2.05, 4.69) is 11.9 Å². The van der Waals surface area contributed by atoms with Crippen LogP contribution in [-0.2, 0) is 33.2 Å². The Kier molecular flexibility index (Phi) is 9.26. The predicted molar refractivity (Wildman–Crippen MR) is 136 cm³/mol. The van der Waals surface area contributed by atoms with Crippen LogP contribution >= 0.6 is 0 Å². The zero-order valence-electron chi connectivity index (χ0n) is 22.5. The topological polar surface area (TPSA) is 102 Å². The second-order valence-corrected chi connectivity index (χ2v) is 11.1. The number of ether oxygens (including phenoxy) is 6. The molecule has 0 aliphatic carbocycles. The van der Waals surface area contributed by atoms with Crippen molar-refractivity contribution in [2.75, 3.05) is 6.61 Å². The van der Waals surface area contributed by atoms with Gasteiger partial charge >= 0.3 is 12.1 Å². The first-order valence-corrected chi connectivity index (χ1v) is 12.5. The van der Waals surface area contributed by atoms with Crippen LogP contribution in [0.5, 0.6) is 0 Å². The van der Waals surface area contributed by atoms with Crippen LogP contribution in [0.15, 0.2) is 55.0 Å². The van der Waals surface area contributed by atoms with Gasteiger partial charge in [-0.15, -0.1) is 0 Å². The van der Waals surface area contributed by atoms with Gasteiger partial charge in [-0.3, -0.25) is 0 Å². The van der Waals surface area contributed by atoms with Gasteiger partial charge in [0.15, 0.2) is 12.4 Å². The Hall–Kier alpha value is -3.04. The molecule has 0 radical (unpaired) electrons. The normalized spacial score (nSPS) is 24.2. The first kappa shape index (κ1) is 28.5. The molecule has 9 nitrogen and oxygen atoms in total. The number of amides is 1. The number of carbonyl (C=O) groups excluding carboxylic acids is 2. The molecular weight excluding hydrogens is 478 g/mol. The lowest BCUT2D eigenvalue weighted by atomic mass is 10.0. The summed E-state index contributed by atoms with van der Waals surface area (Å²) in [5, 5.41) is 2.62. The molecule has 1 amide bonds. The van der Waals surface area contributed by atoms with Gasteiger partial charge < -0.3 is 33.7 Å². The maximum absolute atomic E-state index is 12.8. The average Bonchev–Trinajstić information content (AvgIpc) is 2.80. The molecule has 5 atom stereocenters. The minimum Gasteiger partial charge on any atom is -0.493 e. The summed E-state index contributed by atoms with van der Waals surface area (Å²) in [6, 6.07) is 8.72. The Morgan fingerprint density at radius 3 is 2.41 bits per heavy atom. The van der Waals surface area contributed by atoms with Gasteiger partial charge in [0.05, 0.1) is 18.6 Å². The fourth-order valence-electron chi connectivity index (χ4n) is 3.81. The average molecular weight is 518 g/mol. The number of esters is 1. The molecule has 2 heterocycles. The van der Waals surface area contributed by atoms with Crippen LogP contribution in [-0.4, -0.2) is 54.2 Å². The van der Waals surface area contributed by atoms with Crippen molar-refractivity contribution < 1.29 is 38.0 Å². The number of rotatable bonds is 8. The summed E-state index contributed by atoms with van der Waals surface area (Å²) >= 11 is 0. The van der Waals surface area contributed by atoms with Crippen LogP contribution in [0.25, 0.3) is 0 Å². The molecule has 2 aliphatic rings. The van der Waals surface area contributed by atoms with Gasteiger partial charge in [0, 0.05) is 12.0 Å². The fourth-order valence-corrected chi connectivity index (χ4v) is 3.81. The number of carbonyl (C=O) groups is 2. The van der Waals surface area contributed by atoms with E-state index in [0.29, 0.717) is 18.8 Å². The molecule has 204 valence electrons. The summed E-state index contributed by atoms with van der Waals surface area (Å²) in [5.41, 5.74) is -0.514. The van der Waals surface area contributed by atoms with Gasteiger partial charge in [-0.2, -0.15) is 0 Å². The largest absolute Gasteiger partial charge is 0.493 e. The third-order valence-electron chi connectivity index (χ3n) is 5.37. The van der Waals surface area contributed by atoms with Crippen molar-refractivity contribution >= 4 is 12.1 Å². The molecule has 3 rings (SSSR count). The number of alkyl carbamates (subject to hydrolysis) is 1. The number of allylic oxidation sites excluding steroid dienone is 1. The summed E-state index contributed by atoms with van der Waals surface area (Å²) in [5.74, 6) is -0.128. The first-order valence-electron chi connectivity index (χ1n) is 12.5. The van der Waals surface area contributed by atoms with Crippen molar-refractivity contribution in [3.63, 3.8) is 0 Å². The Morgan fingerprint density at radius 2 is 1.76 bits per heavy atom. The molecule has 0 spiro atoms. The van der Waals surface area contributed by atoms with Gasteiger partial charge in [0.25, 0.3) is 0 Å². The van der Waals surface area contributed by atoms with E-state index in [1.807, 2.05) is 30.3 Å². The summed E-state index contributed by atoms with van der Waals surface area (Å²) in [4.78, 5) is 25.2. The quantitative estimate of drug-likeness (QED) is 0.383. The number of benzene rings is 1. The third kappa shape index (κ3) is 9.09. The van der Waals surface area contributed by atoms with E-state index in [1.54, 1.807) is 53.9 Å². The SMILES string of the molecule is C=C(CC[C@H](NC(=O)OC(C)(C)C)C(=O)OC(C)(C)C)O[C@@H]1C=CO[C@@H]2CO[C@@H](c3ccccc3)O[C@@H]12. The standard InChI is InChI=1S/C28H39NO8/c1-18(13-14-20(24(30)36-27(2,3)4)29-26(31)37-28(5,6)7)34-21-15-16-32-22-17-33-25(35-23(21)22)19-11-9-8-10-12-19/h8-12,15-16,20-23,25H,1,13-14,17H2,2-7H3,(H,29,31)/t20-,21+,22+,23-,25+/m0/s1. The molecular formula is C28H39NO8. The Balaban J connectivity index is 1.61. The first-order chi connectivity index (χ1) is 17.3. The number of hydrogen-bond acceptors (Lipinski definition) is 8. The molecule has 1 fully saturated rings. The Labute approximate surface area is 219 Å². The predicted octanol–water partition coefficient (Wildman–Crippen LogP) is 4.93. The fraction of sp³-hybridized carbons (Fsp3) is 0.571. The van der Waals surface area contributed by atoms with Crippen LogP contribution in [0.1, 0.15) is 66.2 Å². The van der Waals surface area contributed by atoms with E-state index in [0.717, 1.165) is 5.56 Å². The van der Waals surface area contributed by atoms with E-state index in [9.17, 15) is 9.59 Å². The summed E-state index contributed by atoms with van der Waals surface area (Å²) < 4.78 is 34.7. The van der Waals surface area contributed by atoms with E-state index < -0.39 is 47.8 Å². The van der Waals surface area contributed by atoms with Gasteiger partial charge in [-0.25, -0.2) is 9.59 Å². The van der Waals surface area contributed by atoms with Crippen LogP contribution in [0.3, 0.4) is 0 Å². The van der Waals surface area contributed by atoms with Gasteiger partial charge in [-0.05, 0) is 54.0 Å². The van der Waals surface area contributed by atoms with Crippen molar-refractivity contribution in [1.82, 2.24) is 5.32 Å². The summed E-state index contributed by atoms with van der Waals surface area (Å²) in [6.07, 6.45) is 1.41. The highest BCUT2D eigenvalue weighted by Crippen LogP contribution is 2.33. The lowest BCUT2D eigenvalue weighted by Gasteiger charge is -2.41. The molecule has 2 aliphatic heterocycles. The Bertz CT molecular complexity index is 963. The molecule has 1 N–H and O–H groups in total. The molecule has 0 unspecified atom stereocenters. The van der Waals surface area contributed by atoms with Crippen LogP contribution in [0.4, 0.5) is 4.79 Å². The lowest BCUT2D eigenvalue weighted by Crippen LogP contribution is -2.50. The highest BCUT2D eigenvalue weighted by atomic mass is 16.7. The molecule has 0 bridgehead atoms. The maximum atomic E-state index is 12.8. The molecule has 0 saturated carbocycles. The van der Waals surface area contributed by atoms with Crippen LogP contribution in [0.2, 0.25) is 0 Å². The van der Waals surface area contributed by atoms with E-state index in [1.165, 1.54) is 0 Å². The number of nitrogens with one attached hydrogen (secondary N) is 1. The maximum Gasteiger partial charge on any atom is 0.408 e. The van der Waals surface area contributed by atoms with Crippen molar-refractivity contribution in [3.05, 3.63) is 60.6 Å².